The molecule has 1 aliphatic carbocycles. The first-order valence-electron chi connectivity index (χ1n) is 9.36. The Morgan fingerprint density at radius 3 is 2.85 bits per heavy atom. The fourth-order valence-corrected chi connectivity index (χ4v) is 3.93. The zero-order valence-corrected chi connectivity index (χ0v) is 15.3. The standard InChI is InChI=1S/C19H27N3O4/c1-21(14-6-3-2-4-7-14)18-16(8-5-9-20-18)19(25)22-10-11-26-13-15(22)12-17(23)24/h5,8-9,14-15H,2-4,6-7,10-13H2,1H3,(H,23,24). The largest absolute Gasteiger partial charge is 0.481 e. The van der Waals surface area contributed by atoms with Crippen molar-refractivity contribution >= 4 is 17.7 Å². The molecule has 1 unspecified atom stereocenters. The van der Waals surface area contributed by atoms with Gasteiger partial charge in [-0.25, -0.2) is 4.98 Å². The van der Waals surface area contributed by atoms with Crippen molar-refractivity contribution < 1.29 is 19.4 Å². The Morgan fingerprint density at radius 2 is 2.12 bits per heavy atom. The minimum absolute atomic E-state index is 0.111. The number of hydrogen-bond donors (Lipinski definition) is 1. The number of ether oxygens (including phenoxy) is 1. The summed E-state index contributed by atoms with van der Waals surface area (Å²) >= 11 is 0. The van der Waals surface area contributed by atoms with Crippen molar-refractivity contribution in [2.24, 2.45) is 0 Å². The van der Waals surface area contributed by atoms with Crippen LogP contribution in [-0.4, -0.2) is 65.8 Å². The van der Waals surface area contributed by atoms with Gasteiger partial charge in [0.05, 0.1) is 31.2 Å². The van der Waals surface area contributed by atoms with E-state index in [1.54, 1.807) is 23.2 Å². The molecule has 1 amide bonds. The van der Waals surface area contributed by atoms with Gasteiger partial charge in [0.15, 0.2) is 0 Å². The van der Waals surface area contributed by atoms with Gasteiger partial charge in [-0.15, -0.1) is 0 Å². The van der Waals surface area contributed by atoms with Crippen molar-refractivity contribution in [3.8, 4) is 0 Å². The number of hydrogen-bond acceptors (Lipinski definition) is 5. The molecule has 1 aromatic rings. The van der Waals surface area contributed by atoms with Crippen LogP contribution in [0.4, 0.5) is 5.82 Å². The highest BCUT2D eigenvalue weighted by molar-refractivity contribution is 5.99. The Labute approximate surface area is 153 Å². The molecule has 1 aromatic heterocycles. The van der Waals surface area contributed by atoms with Gasteiger partial charge in [0.2, 0.25) is 0 Å². The lowest BCUT2D eigenvalue weighted by atomic mass is 9.94. The second-order valence-corrected chi connectivity index (χ2v) is 7.10. The maximum atomic E-state index is 13.2. The lowest BCUT2D eigenvalue weighted by molar-refractivity contribution is -0.139. The number of aliphatic carboxylic acids is 1. The molecule has 26 heavy (non-hydrogen) atoms. The average molecular weight is 361 g/mol. The van der Waals surface area contributed by atoms with Gasteiger partial charge in [-0.2, -0.15) is 0 Å². The van der Waals surface area contributed by atoms with Crippen molar-refractivity contribution in [2.45, 2.75) is 50.6 Å². The van der Waals surface area contributed by atoms with Crippen LogP contribution in [0.1, 0.15) is 48.9 Å². The number of anilines is 1. The number of carbonyl (C=O) groups excluding carboxylic acids is 1. The summed E-state index contributed by atoms with van der Waals surface area (Å²) in [6, 6.07) is 3.50. The molecule has 0 aromatic carbocycles. The van der Waals surface area contributed by atoms with Crippen LogP contribution in [-0.2, 0) is 9.53 Å². The van der Waals surface area contributed by atoms with E-state index in [0.29, 0.717) is 30.6 Å². The third-order valence-corrected chi connectivity index (χ3v) is 5.37. The fraction of sp³-hybridized carbons (Fsp3) is 0.632. The number of aromatic nitrogens is 1. The molecular formula is C19H27N3O4. The molecule has 2 fully saturated rings. The molecule has 7 nitrogen and oxygen atoms in total. The quantitative estimate of drug-likeness (QED) is 0.865. The Balaban J connectivity index is 1.83. The normalized spacial score (nSPS) is 21.4. The smallest absolute Gasteiger partial charge is 0.305 e. The summed E-state index contributed by atoms with van der Waals surface area (Å²) in [5.41, 5.74) is 0.540. The lowest BCUT2D eigenvalue weighted by Crippen LogP contribution is -2.50. The van der Waals surface area contributed by atoms with Crippen molar-refractivity contribution in [2.75, 3.05) is 31.7 Å². The SMILES string of the molecule is CN(c1ncccc1C(=O)N1CCOCC1CC(=O)O)C1CCCCC1. The zero-order valence-electron chi connectivity index (χ0n) is 15.3. The van der Waals surface area contributed by atoms with E-state index in [9.17, 15) is 9.59 Å². The molecular weight excluding hydrogens is 334 g/mol. The lowest BCUT2D eigenvalue weighted by Gasteiger charge is -2.37. The van der Waals surface area contributed by atoms with Crippen LogP contribution in [0.3, 0.4) is 0 Å². The third kappa shape index (κ3) is 4.15. The van der Waals surface area contributed by atoms with Gasteiger partial charge in [-0.3, -0.25) is 9.59 Å². The van der Waals surface area contributed by atoms with Crippen molar-refractivity contribution in [3.63, 3.8) is 0 Å². The van der Waals surface area contributed by atoms with E-state index in [1.165, 1.54) is 19.3 Å². The van der Waals surface area contributed by atoms with Crippen LogP contribution in [0.25, 0.3) is 0 Å². The highest BCUT2D eigenvalue weighted by atomic mass is 16.5. The van der Waals surface area contributed by atoms with E-state index in [4.69, 9.17) is 9.84 Å². The zero-order chi connectivity index (χ0) is 18.5. The maximum absolute atomic E-state index is 13.2. The molecule has 0 spiro atoms. The molecule has 3 rings (SSSR count). The molecule has 1 saturated carbocycles. The van der Waals surface area contributed by atoms with Crippen molar-refractivity contribution in [1.82, 2.24) is 9.88 Å². The molecule has 7 heteroatoms. The highest BCUT2D eigenvalue weighted by Crippen LogP contribution is 2.28. The van der Waals surface area contributed by atoms with E-state index in [-0.39, 0.29) is 18.9 Å². The Morgan fingerprint density at radius 1 is 1.35 bits per heavy atom. The minimum Gasteiger partial charge on any atom is -0.481 e. The molecule has 2 aliphatic rings. The first kappa shape index (κ1) is 18.6. The van der Waals surface area contributed by atoms with Gasteiger partial charge in [0.25, 0.3) is 5.91 Å². The number of rotatable bonds is 5. The Bertz CT molecular complexity index is 645. The van der Waals surface area contributed by atoms with E-state index in [2.05, 4.69) is 9.88 Å². The van der Waals surface area contributed by atoms with Crippen LogP contribution in [0.15, 0.2) is 18.3 Å². The van der Waals surface area contributed by atoms with Crippen LogP contribution in [0, 0.1) is 0 Å². The molecule has 1 saturated heterocycles. The predicted octanol–water partition coefficient (Wildman–Crippen LogP) is 2.17. The molecule has 1 aliphatic heterocycles. The number of nitrogens with zero attached hydrogens (tertiary/aromatic N) is 3. The second kappa shape index (κ2) is 8.49. The maximum Gasteiger partial charge on any atom is 0.305 e. The molecule has 1 N–H and O–H groups in total. The molecule has 2 heterocycles. The van der Waals surface area contributed by atoms with Gasteiger partial charge in [0, 0.05) is 25.8 Å². The summed E-state index contributed by atoms with van der Waals surface area (Å²) in [6.45, 7) is 1.08. The summed E-state index contributed by atoms with van der Waals surface area (Å²) in [7, 11) is 2.00. The minimum atomic E-state index is -0.927. The number of carbonyl (C=O) groups is 2. The van der Waals surface area contributed by atoms with Gasteiger partial charge < -0.3 is 19.6 Å². The fourth-order valence-electron chi connectivity index (χ4n) is 3.93. The number of carboxylic acid groups (broad SMARTS) is 1. The molecule has 1 atom stereocenters. The predicted molar refractivity (Wildman–Crippen MR) is 97.4 cm³/mol. The van der Waals surface area contributed by atoms with E-state index in [1.807, 2.05) is 7.05 Å². The van der Waals surface area contributed by atoms with Crippen LogP contribution < -0.4 is 4.90 Å². The number of carboxylic acids is 1. The summed E-state index contributed by atoms with van der Waals surface area (Å²) < 4.78 is 5.39. The summed E-state index contributed by atoms with van der Waals surface area (Å²) in [4.78, 5) is 32.6. The first-order valence-corrected chi connectivity index (χ1v) is 9.36. The van der Waals surface area contributed by atoms with E-state index >= 15 is 0 Å². The average Bonchev–Trinajstić information content (AvgIpc) is 2.67. The summed E-state index contributed by atoms with van der Waals surface area (Å²) in [5.74, 6) is -0.403. The van der Waals surface area contributed by atoms with Gasteiger partial charge in [-0.1, -0.05) is 19.3 Å². The van der Waals surface area contributed by atoms with Crippen molar-refractivity contribution in [3.05, 3.63) is 23.9 Å². The van der Waals surface area contributed by atoms with E-state index < -0.39 is 12.0 Å². The first-order chi connectivity index (χ1) is 12.6. The molecule has 142 valence electrons. The molecule has 0 radical (unpaired) electrons. The number of morpholine rings is 1. The van der Waals surface area contributed by atoms with Crippen LogP contribution in [0.2, 0.25) is 0 Å². The van der Waals surface area contributed by atoms with Crippen LogP contribution in [0.5, 0.6) is 0 Å². The van der Waals surface area contributed by atoms with Gasteiger partial charge in [0.1, 0.15) is 5.82 Å². The summed E-state index contributed by atoms with van der Waals surface area (Å²) in [6.07, 6.45) is 7.49. The van der Waals surface area contributed by atoms with Gasteiger partial charge in [-0.05, 0) is 25.0 Å². The third-order valence-electron chi connectivity index (χ3n) is 5.37. The van der Waals surface area contributed by atoms with Gasteiger partial charge >= 0.3 is 5.97 Å². The highest BCUT2D eigenvalue weighted by Gasteiger charge is 2.32. The molecule has 0 bridgehead atoms. The number of pyridine rings is 1. The Kier molecular flexibility index (Phi) is 6.08. The van der Waals surface area contributed by atoms with Crippen LogP contribution >= 0.6 is 0 Å². The Hall–Kier alpha value is -2.15. The van der Waals surface area contributed by atoms with Crippen molar-refractivity contribution in [1.29, 1.82) is 0 Å². The number of amides is 1. The second-order valence-electron chi connectivity index (χ2n) is 7.10. The summed E-state index contributed by atoms with van der Waals surface area (Å²) in [5, 5.41) is 9.13. The monoisotopic (exact) mass is 361 g/mol. The topological polar surface area (TPSA) is 83.0 Å². The van der Waals surface area contributed by atoms with E-state index in [0.717, 1.165) is 12.8 Å².